The smallest absolute Gasteiger partial charge is 0.245 e. The molecule has 1 saturated heterocycles. The summed E-state index contributed by atoms with van der Waals surface area (Å²) < 4.78 is 0. The zero-order chi connectivity index (χ0) is 10.1. The Kier molecular flexibility index (Phi) is 2.25. The van der Waals surface area contributed by atoms with Crippen LogP contribution < -0.4 is 5.01 Å². The summed E-state index contributed by atoms with van der Waals surface area (Å²) in [7, 11) is 1.94. The van der Waals surface area contributed by atoms with Crippen molar-refractivity contribution in [1.82, 2.24) is 5.01 Å². The van der Waals surface area contributed by atoms with Gasteiger partial charge in [-0.25, -0.2) is 10.0 Å². The molecule has 0 spiro atoms. The lowest BCUT2D eigenvalue weighted by Crippen LogP contribution is -2.36. The third kappa shape index (κ3) is 1.40. The Hall–Kier alpha value is -1.35. The molecule has 0 radical (unpaired) electrons. The third-order valence-electron chi connectivity index (χ3n) is 2.51. The number of benzene rings is 1. The highest BCUT2D eigenvalue weighted by atomic mass is 16.2. The summed E-state index contributed by atoms with van der Waals surface area (Å²) in [6.07, 6.45) is 0. The van der Waals surface area contributed by atoms with Crippen LogP contribution >= 0.6 is 0 Å². The summed E-state index contributed by atoms with van der Waals surface area (Å²) in [6, 6.07) is 9.74. The molecule has 0 aromatic heterocycles. The minimum atomic E-state index is 0.0974. The lowest BCUT2D eigenvalue weighted by atomic mass is 10.2. The van der Waals surface area contributed by atoms with Crippen molar-refractivity contribution in [2.24, 2.45) is 5.92 Å². The number of carbonyl (C=O) groups excluding carboxylic acids is 1. The zero-order valence-corrected chi connectivity index (χ0v) is 8.47. The van der Waals surface area contributed by atoms with Gasteiger partial charge < -0.3 is 0 Å². The summed E-state index contributed by atoms with van der Waals surface area (Å²) in [5.74, 6) is 0.277. The van der Waals surface area contributed by atoms with E-state index < -0.39 is 0 Å². The lowest BCUT2D eigenvalue weighted by molar-refractivity contribution is -0.120. The van der Waals surface area contributed by atoms with Crippen LogP contribution in [0, 0.1) is 5.92 Å². The zero-order valence-electron chi connectivity index (χ0n) is 8.47. The fourth-order valence-corrected chi connectivity index (χ4v) is 1.83. The van der Waals surface area contributed by atoms with Gasteiger partial charge in [-0.2, -0.15) is 0 Å². The molecule has 0 bridgehead atoms. The summed E-state index contributed by atoms with van der Waals surface area (Å²) in [6.45, 7) is 2.76. The van der Waals surface area contributed by atoms with Gasteiger partial charge in [-0.05, 0) is 12.1 Å². The fourth-order valence-electron chi connectivity index (χ4n) is 1.83. The van der Waals surface area contributed by atoms with Crippen LogP contribution in [0.25, 0.3) is 0 Å². The molecule has 0 N–H and O–H groups in total. The SMILES string of the molecule is CC1CN(C)N(c2ccccc2)C1=O. The largest absolute Gasteiger partial charge is 0.273 e. The first-order valence-corrected chi connectivity index (χ1v) is 4.80. The molecule has 1 aliphatic rings. The van der Waals surface area contributed by atoms with E-state index in [1.54, 1.807) is 5.01 Å². The highest BCUT2D eigenvalue weighted by Crippen LogP contribution is 2.23. The second-order valence-corrected chi connectivity index (χ2v) is 3.73. The monoisotopic (exact) mass is 190 g/mol. The molecule has 2 rings (SSSR count). The molecule has 3 nitrogen and oxygen atoms in total. The number of hydrogen-bond donors (Lipinski definition) is 0. The topological polar surface area (TPSA) is 23.6 Å². The predicted molar refractivity (Wildman–Crippen MR) is 55.7 cm³/mol. The van der Waals surface area contributed by atoms with Gasteiger partial charge in [-0.1, -0.05) is 25.1 Å². The standard InChI is InChI=1S/C11H14N2O/c1-9-8-12(2)13(11(9)14)10-6-4-3-5-7-10/h3-7,9H,8H2,1-2H3. The van der Waals surface area contributed by atoms with Crippen LogP contribution in [0.15, 0.2) is 30.3 Å². The number of hydrogen-bond acceptors (Lipinski definition) is 2. The van der Waals surface area contributed by atoms with E-state index in [1.165, 1.54) is 0 Å². The molecule has 74 valence electrons. The van der Waals surface area contributed by atoms with Crippen molar-refractivity contribution in [3.05, 3.63) is 30.3 Å². The van der Waals surface area contributed by atoms with Crippen LogP contribution in [0.3, 0.4) is 0 Å². The van der Waals surface area contributed by atoms with Gasteiger partial charge in [0, 0.05) is 13.6 Å². The maximum atomic E-state index is 11.8. The van der Waals surface area contributed by atoms with E-state index in [2.05, 4.69) is 0 Å². The van der Waals surface area contributed by atoms with E-state index in [0.717, 1.165) is 12.2 Å². The first-order valence-electron chi connectivity index (χ1n) is 4.80. The van der Waals surface area contributed by atoms with Gasteiger partial charge in [0.25, 0.3) is 0 Å². The number of hydrazine groups is 1. The maximum absolute atomic E-state index is 11.8. The molecule has 1 atom stereocenters. The van der Waals surface area contributed by atoms with Crippen LogP contribution in [-0.2, 0) is 4.79 Å². The summed E-state index contributed by atoms with van der Waals surface area (Å²) in [5, 5.41) is 3.70. The number of anilines is 1. The molecule has 3 heteroatoms. The minimum Gasteiger partial charge on any atom is -0.273 e. The molecule has 1 aromatic rings. The van der Waals surface area contributed by atoms with Crippen LogP contribution in [0.5, 0.6) is 0 Å². The van der Waals surface area contributed by atoms with Crippen LogP contribution in [-0.4, -0.2) is 24.5 Å². The Balaban J connectivity index is 2.31. The van der Waals surface area contributed by atoms with Gasteiger partial charge in [-0.15, -0.1) is 0 Å². The van der Waals surface area contributed by atoms with E-state index in [0.29, 0.717) is 0 Å². The van der Waals surface area contributed by atoms with Crippen molar-refractivity contribution < 1.29 is 4.79 Å². The first-order chi connectivity index (χ1) is 6.70. The Morgan fingerprint density at radius 2 is 1.93 bits per heavy atom. The molecule has 1 heterocycles. The Morgan fingerprint density at radius 3 is 2.43 bits per heavy atom. The van der Waals surface area contributed by atoms with Crippen molar-refractivity contribution in [3.63, 3.8) is 0 Å². The Bertz CT molecular complexity index is 336. The van der Waals surface area contributed by atoms with Crippen LogP contribution in [0.1, 0.15) is 6.92 Å². The van der Waals surface area contributed by atoms with Gasteiger partial charge >= 0.3 is 0 Å². The quantitative estimate of drug-likeness (QED) is 0.670. The van der Waals surface area contributed by atoms with Crippen molar-refractivity contribution in [2.75, 3.05) is 18.6 Å². The summed E-state index contributed by atoms with van der Waals surface area (Å²) in [4.78, 5) is 11.8. The Morgan fingerprint density at radius 1 is 1.29 bits per heavy atom. The summed E-state index contributed by atoms with van der Waals surface area (Å²) in [5.41, 5.74) is 0.948. The average Bonchev–Trinajstić information content (AvgIpc) is 2.43. The van der Waals surface area contributed by atoms with E-state index in [1.807, 2.05) is 49.3 Å². The van der Waals surface area contributed by atoms with Crippen molar-refractivity contribution in [2.45, 2.75) is 6.92 Å². The number of rotatable bonds is 1. The number of para-hydroxylation sites is 1. The van der Waals surface area contributed by atoms with Gasteiger partial charge in [0.1, 0.15) is 0 Å². The van der Waals surface area contributed by atoms with E-state index in [4.69, 9.17) is 0 Å². The first kappa shape index (κ1) is 9.21. The lowest BCUT2D eigenvalue weighted by Gasteiger charge is -2.23. The van der Waals surface area contributed by atoms with Crippen molar-refractivity contribution >= 4 is 11.6 Å². The molecular formula is C11H14N2O. The Labute approximate surface area is 83.9 Å². The molecule has 0 saturated carbocycles. The molecule has 0 aliphatic carbocycles. The highest BCUT2D eigenvalue weighted by molar-refractivity contribution is 5.95. The van der Waals surface area contributed by atoms with Gasteiger partial charge in [-0.3, -0.25) is 4.79 Å². The van der Waals surface area contributed by atoms with Crippen LogP contribution in [0.4, 0.5) is 5.69 Å². The van der Waals surface area contributed by atoms with Crippen molar-refractivity contribution in [1.29, 1.82) is 0 Å². The minimum absolute atomic E-state index is 0.0974. The number of amides is 1. The normalized spacial score (nSPS) is 23.1. The molecule has 1 fully saturated rings. The van der Waals surface area contributed by atoms with Crippen molar-refractivity contribution in [3.8, 4) is 0 Å². The van der Waals surface area contributed by atoms with Crippen LogP contribution in [0.2, 0.25) is 0 Å². The number of nitrogens with zero attached hydrogens (tertiary/aromatic N) is 2. The molecule has 1 unspecified atom stereocenters. The third-order valence-corrected chi connectivity index (χ3v) is 2.51. The molecule has 1 amide bonds. The molecule has 1 aromatic carbocycles. The van der Waals surface area contributed by atoms with Gasteiger partial charge in [0.15, 0.2) is 0 Å². The van der Waals surface area contributed by atoms with E-state index in [9.17, 15) is 4.79 Å². The highest BCUT2D eigenvalue weighted by Gasteiger charge is 2.33. The number of carbonyl (C=O) groups is 1. The summed E-state index contributed by atoms with van der Waals surface area (Å²) >= 11 is 0. The van der Waals surface area contributed by atoms with E-state index >= 15 is 0 Å². The molecule has 14 heavy (non-hydrogen) atoms. The molecular weight excluding hydrogens is 176 g/mol. The second-order valence-electron chi connectivity index (χ2n) is 3.73. The fraction of sp³-hybridized carbons (Fsp3) is 0.364. The van der Waals surface area contributed by atoms with Gasteiger partial charge in [0.2, 0.25) is 5.91 Å². The predicted octanol–water partition coefficient (Wildman–Crippen LogP) is 1.52. The van der Waals surface area contributed by atoms with Gasteiger partial charge in [0.05, 0.1) is 11.6 Å². The molecule has 1 aliphatic heterocycles. The second kappa shape index (κ2) is 3.42. The maximum Gasteiger partial charge on any atom is 0.245 e. The average molecular weight is 190 g/mol. The van der Waals surface area contributed by atoms with E-state index in [-0.39, 0.29) is 11.8 Å².